The fourth-order valence-corrected chi connectivity index (χ4v) is 5.14. The predicted octanol–water partition coefficient (Wildman–Crippen LogP) is 4.13. The number of carbonyl (C=O) groups is 2. The van der Waals surface area contributed by atoms with Crippen LogP contribution in [0.3, 0.4) is 0 Å². The zero-order chi connectivity index (χ0) is 25.2. The largest absolute Gasteiger partial charge is 0.494 e. The molecule has 0 spiro atoms. The number of nitrogens with zero attached hydrogens (tertiary/aromatic N) is 1. The maximum absolute atomic E-state index is 13.1. The van der Waals surface area contributed by atoms with Crippen LogP contribution in [0.25, 0.3) is 17.0 Å². The summed E-state index contributed by atoms with van der Waals surface area (Å²) >= 11 is 0. The van der Waals surface area contributed by atoms with Crippen molar-refractivity contribution in [1.29, 1.82) is 0 Å². The maximum Gasteiger partial charge on any atom is 0.240 e. The average molecular weight is 490 g/mol. The third-order valence-electron chi connectivity index (χ3n) is 6.88. The summed E-state index contributed by atoms with van der Waals surface area (Å²) in [6, 6.07) is 9.59. The Labute approximate surface area is 210 Å². The molecule has 1 aliphatic heterocycles. The van der Waals surface area contributed by atoms with Crippen LogP contribution in [0.2, 0.25) is 0 Å². The molecule has 36 heavy (non-hydrogen) atoms. The van der Waals surface area contributed by atoms with Gasteiger partial charge in [0.2, 0.25) is 11.8 Å². The van der Waals surface area contributed by atoms with Gasteiger partial charge in [0.05, 0.1) is 33.3 Å². The third-order valence-corrected chi connectivity index (χ3v) is 6.88. The van der Waals surface area contributed by atoms with E-state index in [0.717, 1.165) is 52.7 Å². The molecular formula is C28H31N3O5. The van der Waals surface area contributed by atoms with Gasteiger partial charge in [0.15, 0.2) is 11.5 Å². The SMILES string of the molecule is CCOc1ccc2[nH]c3c(c2c1)CCCC3NC(=O)CN1C=Cc2cc(OC)c(OC)cc2CC1=O. The Kier molecular flexibility index (Phi) is 6.59. The van der Waals surface area contributed by atoms with Crippen LogP contribution in [-0.2, 0) is 22.4 Å². The Bertz CT molecular complexity index is 1340. The number of hydrogen-bond donors (Lipinski definition) is 2. The Balaban J connectivity index is 1.31. The topological polar surface area (TPSA) is 92.9 Å². The van der Waals surface area contributed by atoms with Crippen LogP contribution in [0.15, 0.2) is 36.5 Å². The van der Waals surface area contributed by atoms with Crippen molar-refractivity contribution in [3.05, 3.63) is 58.9 Å². The lowest BCUT2D eigenvalue weighted by atomic mass is 9.91. The third kappa shape index (κ3) is 4.51. The van der Waals surface area contributed by atoms with E-state index in [1.54, 1.807) is 20.4 Å². The molecule has 1 unspecified atom stereocenters. The summed E-state index contributed by atoms with van der Waals surface area (Å²) in [5, 5.41) is 4.30. The first kappa shape index (κ1) is 23.8. The Morgan fingerprint density at radius 3 is 2.75 bits per heavy atom. The van der Waals surface area contributed by atoms with Gasteiger partial charge in [-0.3, -0.25) is 9.59 Å². The van der Waals surface area contributed by atoms with Crippen LogP contribution in [0.5, 0.6) is 17.2 Å². The van der Waals surface area contributed by atoms with Gasteiger partial charge in [0, 0.05) is 22.8 Å². The van der Waals surface area contributed by atoms with Crippen molar-refractivity contribution in [2.24, 2.45) is 0 Å². The molecule has 0 fully saturated rings. The molecule has 2 amide bonds. The molecule has 0 saturated heterocycles. The fourth-order valence-electron chi connectivity index (χ4n) is 5.14. The minimum absolute atomic E-state index is 0.0435. The van der Waals surface area contributed by atoms with Gasteiger partial charge in [-0.2, -0.15) is 0 Å². The van der Waals surface area contributed by atoms with E-state index in [1.807, 2.05) is 37.3 Å². The highest BCUT2D eigenvalue weighted by Gasteiger charge is 2.27. The molecule has 2 aromatic carbocycles. The predicted molar refractivity (Wildman–Crippen MR) is 137 cm³/mol. The van der Waals surface area contributed by atoms with Gasteiger partial charge in [-0.15, -0.1) is 0 Å². The second-order valence-electron chi connectivity index (χ2n) is 9.09. The standard InChI is InChI=1S/C28H31N3O5/c1-4-36-19-8-9-22-21(15-19)20-6-5-7-23(28(20)30-22)29-26(32)16-31-11-10-17-12-24(34-2)25(35-3)13-18(17)14-27(31)33/h8-13,15,23,30H,4-7,14,16H2,1-3H3,(H,29,32). The van der Waals surface area contributed by atoms with E-state index in [-0.39, 0.29) is 30.8 Å². The number of nitrogens with one attached hydrogen (secondary N) is 2. The van der Waals surface area contributed by atoms with Crippen LogP contribution < -0.4 is 19.5 Å². The second-order valence-corrected chi connectivity index (χ2v) is 9.09. The highest BCUT2D eigenvalue weighted by atomic mass is 16.5. The minimum Gasteiger partial charge on any atom is -0.494 e. The number of hydrogen-bond acceptors (Lipinski definition) is 5. The van der Waals surface area contributed by atoms with Crippen molar-refractivity contribution in [1.82, 2.24) is 15.2 Å². The Hall–Kier alpha value is -3.94. The lowest BCUT2D eigenvalue weighted by Crippen LogP contribution is -2.40. The number of rotatable bonds is 7. The number of carbonyl (C=O) groups excluding carboxylic acids is 2. The molecule has 1 aromatic heterocycles. The quantitative estimate of drug-likeness (QED) is 0.521. The summed E-state index contributed by atoms with van der Waals surface area (Å²) in [5.41, 5.74) is 5.01. The number of ether oxygens (including phenoxy) is 3. The van der Waals surface area contributed by atoms with Crippen LogP contribution in [0.1, 0.15) is 48.2 Å². The molecule has 0 saturated carbocycles. The first-order chi connectivity index (χ1) is 17.5. The second kappa shape index (κ2) is 9.97. The van der Waals surface area contributed by atoms with Gasteiger partial charge in [0.25, 0.3) is 0 Å². The zero-order valence-corrected chi connectivity index (χ0v) is 20.8. The number of benzene rings is 2. The molecule has 1 atom stereocenters. The van der Waals surface area contributed by atoms with Crippen LogP contribution >= 0.6 is 0 Å². The molecular weight excluding hydrogens is 458 g/mol. The van der Waals surface area contributed by atoms with E-state index in [0.29, 0.717) is 18.1 Å². The van der Waals surface area contributed by atoms with E-state index in [9.17, 15) is 9.59 Å². The van der Waals surface area contributed by atoms with Crippen molar-refractivity contribution in [3.63, 3.8) is 0 Å². The number of fused-ring (bicyclic) bond motifs is 4. The zero-order valence-electron chi connectivity index (χ0n) is 20.8. The molecule has 0 bridgehead atoms. The molecule has 2 N–H and O–H groups in total. The van der Waals surface area contributed by atoms with Crippen LogP contribution in [0.4, 0.5) is 0 Å². The molecule has 0 radical (unpaired) electrons. The van der Waals surface area contributed by atoms with E-state index in [1.165, 1.54) is 10.5 Å². The van der Waals surface area contributed by atoms with Gasteiger partial charge in [0.1, 0.15) is 12.3 Å². The Morgan fingerprint density at radius 1 is 1.17 bits per heavy atom. The molecule has 8 heteroatoms. The first-order valence-electron chi connectivity index (χ1n) is 12.3. The van der Waals surface area contributed by atoms with E-state index < -0.39 is 0 Å². The highest BCUT2D eigenvalue weighted by Crippen LogP contribution is 2.36. The Morgan fingerprint density at radius 2 is 1.97 bits per heavy atom. The number of aryl methyl sites for hydroxylation is 1. The summed E-state index contributed by atoms with van der Waals surface area (Å²) in [5.74, 6) is 1.68. The maximum atomic E-state index is 13.1. The van der Waals surface area contributed by atoms with E-state index in [4.69, 9.17) is 14.2 Å². The monoisotopic (exact) mass is 489 g/mol. The fraction of sp³-hybridized carbons (Fsp3) is 0.357. The molecule has 2 aliphatic rings. The lowest BCUT2D eigenvalue weighted by Gasteiger charge is -2.25. The van der Waals surface area contributed by atoms with Crippen LogP contribution in [0, 0.1) is 0 Å². The number of amides is 2. The van der Waals surface area contributed by atoms with Crippen molar-refractivity contribution in [2.75, 3.05) is 27.4 Å². The van der Waals surface area contributed by atoms with Gasteiger partial charge in [-0.1, -0.05) is 0 Å². The van der Waals surface area contributed by atoms with E-state index in [2.05, 4.69) is 16.4 Å². The summed E-state index contributed by atoms with van der Waals surface area (Å²) < 4.78 is 16.4. The van der Waals surface area contributed by atoms with E-state index >= 15 is 0 Å². The summed E-state index contributed by atoms with van der Waals surface area (Å²) in [7, 11) is 3.14. The van der Waals surface area contributed by atoms with Crippen molar-refractivity contribution in [2.45, 2.75) is 38.6 Å². The van der Waals surface area contributed by atoms with Crippen LogP contribution in [-0.4, -0.2) is 49.1 Å². The summed E-state index contributed by atoms with van der Waals surface area (Å²) in [6.07, 6.45) is 6.46. The smallest absolute Gasteiger partial charge is 0.240 e. The van der Waals surface area contributed by atoms with Gasteiger partial charge >= 0.3 is 0 Å². The summed E-state index contributed by atoms with van der Waals surface area (Å²) in [4.78, 5) is 31.0. The molecule has 188 valence electrons. The number of aromatic amines is 1. The number of aromatic nitrogens is 1. The normalized spacial score (nSPS) is 16.8. The molecule has 1 aliphatic carbocycles. The summed E-state index contributed by atoms with van der Waals surface area (Å²) in [6.45, 7) is 2.55. The van der Waals surface area contributed by atoms with Crippen molar-refractivity contribution in [3.8, 4) is 17.2 Å². The molecule has 5 rings (SSSR count). The minimum atomic E-state index is -0.194. The lowest BCUT2D eigenvalue weighted by molar-refractivity contribution is -0.133. The number of H-pyrrole nitrogens is 1. The number of methoxy groups -OCH3 is 2. The van der Waals surface area contributed by atoms with Gasteiger partial charge in [-0.25, -0.2) is 0 Å². The first-order valence-corrected chi connectivity index (χ1v) is 12.3. The van der Waals surface area contributed by atoms with Gasteiger partial charge in [-0.05, 0) is 79.3 Å². The average Bonchev–Trinajstić information content (AvgIpc) is 3.18. The molecule has 8 nitrogen and oxygen atoms in total. The molecule has 3 aromatic rings. The van der Waals surface area contributed by atoms with Gasteiger partial charge < -0.3 is 29.4 Å². The van der Waals surface area contributed by atoms with Crippen molar-refractivity contribution >= 4 is 28.8 Å². The molecule has 2 heterocycles. The van der Waals surface area contributed by atoms with Crippen molar-refractivity contribution < 1.29 is 23.8 Å². The highest BCUT2D eigenvalue weighted by molar-refractivity contribution is 5.90.